The number of rotatable bonds is 44. The second-order valence-electron chi connectivity index (χ2n) is 17.5. The summed E-state index contributed by atoms with van der Waals surface area (Å²) >= 11 is 0. The molecule has 340 valence electrons. The number of nitrogens with zero attached hydrogens (tertiary/aromatic N) is 4. The van der Waals surface area contributed by atoms with Crippen LogP contribution in [0.1, 0.15) is 245 Å². The van der Waals surface area contributed by atoms with Crippen LogP contribution in [-0.4, -0.2) is 75.4 Å². The molecule has 1 aromatic rings. The maximum Gasteiger partial charge on any atom is 0.306 e. The summed E-state index contributed by atoms with van der Waals surface area (Å²) in [5.74, 6) is -0.0464. The van der Waals surface area contributed by atoms with E-state index in [1.54, 1.807) is 6.92 Å². The minimum absolute atomic E-state index is 0.00456. The summed E-state index contributed by atoms with van der Waals surface area (Å²) in [6, 6.07) is 0. The third kappa shape index (κ3) is 34.8. The highest BCUT2D eigenvalue weighted by molar-refractivity contribution is 5.69. The van der Waals surface area contributed by atoms with Crippen molar-refractivity contribution in [3.8, 4) is 0 Å². The molecule has 1 unspecified atom stereocenters. The van der Waals surface area contributed by atoms with E-state index in [4.69, 9.17) is 9.47 Å². The van der Waals surface area contributed by atoms with E-state index in [0.29, 0.717) is 25.9 Å². The predicted molar refractivity (Wildman–Crippen MR) is 242 cm³/mol. The van der Waals surface area contributed by atoms with Crippen LogP contribution < -0.4 is 0 Å². The molecule has 0 bridgehead atoms. The fourth-order valence-corrected chi connectivity index (χ4v) is 7.82. The molecule has 0 spiro atoms. The predicted octanol–water partition coefficient (Wildman–Crippen LogP) is 12.9. The van der Waals surface area contributed by atoms with Gasteiger partial charge in [-0.05, 0) is 77.8 Å². The van der Waals surface area contributed by atoms with E-state index in [1.807, 2.05) is 10.9 Å². The van der Waals surface area contributed by atoms with Gasteiger partial charge < -0.3 is 19.5 Å². The zero-order valence-corrected chi connectivity index (χ0v) is 38.7. The van der Waals surface area contributed by atoms with Crippen LogP contribution >= 0.6 is 0 Å². The van der Waals surface area contributed by atoms with E-state index < -0.39 is 6.10 Å². The van der Waals surface area contributed by atoms with Gasteiger partial charge in [-0.15, -0.1) is 5.10 Å². The summed E-state index contributed by atoms with van der Waals surface area (Å²) in [7, 11) is 0. The first-order valence-electron chi connectivity index (χ1n) is 25.0. The molecule has 9 heteroatoms. The SMILES string of the molecule is CCCCCCCCCCCOC(=O)CCCCCN(CCCCCCCC(=O)OC(CCCCCCCC)CCCCCCCC)CCn1cc(CC(C)O)nn1. The molecule has 0 aliphatic carbocycles. The van der Waals surface area contributed by atoms with Gasteiger partial charge in [0, 0.05) is 32.0 Å². The highest BCUT2D eigenvalue weighted by Gasteiger charge is 2.15. The van der Waals surface area contributed by atoms with Crippen molar-refractivity contribution >= 4 is 11.9 Å². The molecular weight excluding hydrogens is 725 g/mol. The Labute approximate surface area is 357 Å². The standard InChI is InChI=1S/C49H94N4O5/c1-5-8-11-14-17-18-19-25-33-42-57-48(55)36-30-26-32-39-52(40-41-53-44-46(50-51-53)43-45(4)54)38-31-24-20-23-29-37-49(56)58-47(34-27-21-15-12-9-6-2)35-28-22-16-13-10-7-3/h44-45,47,54H,5-43H2,1-4H3. The van der Waals surface area contributed by atoms with Crippen molar-refractivity contribution in [3.05, 3.63) is 11.9 Å². The number of carbonyl (C=O) groups is 2. The number of ether oxygens (including phenoxy) is 2. The Bertz CT molecular complexity index is 1030. The second kappa shape index (κ2) is 40.4. The highest BCUT2D eigenvalue weighted by Crippen LogP contribution is 2.19. The second-order valence-corrected chi connectivity index (χ2v) is 17.5. The van der Waals surface area contributed by atoms with Gasteiger partial charge in [-0.3, -0.25) is 14.3 Å². The lowest BCUT2D eigenvalue weighted by Crippen LogP contribution is -2.30. The first-order chi connectivity index (χ1) is 28.4. The minimum Gasteiger partial charge on any atom is -0.466 e. The van der Waals surface area contributed by atoms with E-state index in [-0.39, 0.29) is 18.0 Å². The quantitative estimate of drug-likeness (QED) is 0.0512. The number of aromatic nitrogens is 3. The van der Waals surface area contributed by atoms with Crippen LogP contribution in [-0.2, 0) is 32.0 Å². The van der Waals surface area contributed by atoms with Crippen molar-refractivity contribution in [2.45, 2.75) is 265 Å². The molecule has 58 heavy (non-hydrogen) atoms. The molecule has 0 aliphatic heterocycles. The number of hydrogen-bond acceptors (Lipinski definition) is 8. The van der Waals surface area contributed by atoms with Crippen LogP contribution in [0.2, 0.25) is 0 Å². The summed E-state index contributed by atoms with van der Waals surface area (Å²) in [5.41, 5.74) is 0.821. The lowest BCUT2D eigenvalue weighted by Gasteiger charge is -2.22. The van der Waals surface area contributed by atoms with Crippen molar-refractivity contribution in [2.75, 3.05) is 26.2 Å². The van der Waals surface area contributed by atoms with Crippen LogP contribution in [0.5, 0.6) is 0 Å². The molecule has 0 fully saturated rings. The normalized spacial score (nSPS) is 12.2. The smallest absolute Gasteiger partial charge is 0.306 e. The number of unbranched alkanes of at least 4 members (excludes halogenated alkanes) is 24. The molecule has 1 aromatic heterocycles. The highest BCUT2D eigenvalue weighted by atomic mass is 16.5. The zero-order chi connectivity index (χ0) is 42.2. The average molecular weight is 819 g/mol. The molecule has 1 heterocycles. The Balaban J connectivity index is 2.36. The molecular formula is C49H94N4O5. The van der Waals surface area contributed by atoms with Gasteiger partial charge in [0.15, 0.2) is 0 Å². The number of carbonyl (C=O) groups excluding carboxylic acids is 2. The minimum atomic E-state index is -0.429. The van der Waals surface area contributed by atoms with E-state index in [2.05, 4.69) is 36.0 Å². The van der Waals surface area contributed by atoms with Gasteiger partial charge in [-0.1, -0.05) is 167 Å². The monoisotopic (exact) mass is 819 g/mol. The van der Waals surface area contributed by atoms with Crippen LogP contribution in [0.15, 0.2) is 6.20 Å². The maximum atomic E-state index is 12.9. The Hall–Kier alpha value is -2.00. The summed E-state index contributed by atoms with van der Waals surface area (Å²) in [5, 5.41) is 18.2. The van der Waals surface area contributed by atoms with Crippen molar-refractivity contribution in [3.63, 3.8) is 0 Å². The number of hydrogen-bond donors (Lipinski definition) is 1. The van der Waals surface area contributed by atoms with Crippen LogP contribution in [0.3, 0.4) is 0 Å². The molecule has 0 radical (unpaired) electrons. The molecule has 0 aromatic carbocycles. The number of esters is 2. The number of aliphatic hydroxyl groups excluding tert-OH is 1. The van der Waals surface area contributed by atoms with E-state index in [9.17, 15) is 14.7 Å². The maximum absolute atomic E-state index is 12.9. The molecule has 0 saturated carbocycles. The van der Waals surface area contributed by atoms with Crippen molar-refractivity contribution < 1.29 is 24.2 Å². The average Bonchev–Trinajstić information content (AvgIpc) is 3.65. The van der Waals surface area contributed by atoms with Gasteiger partial charge >= 0.3 is 11.9 Å². The summed E-state index contributed by atoms with van der Waals surface area (Å²) in [4.78, 5) is 27.7. The van der Waals surface area contributed by atoms with Gasteiger partial charge in [-0.25, -0.2) is 0 Å². The molecule has 0 saturated heterocycles. The Morgan fingerprint density at radius 3 is 1.59 bits per heavy atom. The first kappa shape index (κ1) is 54.0. The van der Waals surface area contributed by atoms with Gasteiger partial charge in [0.25, 0.3) is 0 Å². The number of aliphatic hydroxyl groups is 1. The van der Waals surface area contributed by atoms with Crippen molar-refractivity contribution in [1.29, 1.82) is 0 Å². The van der Waals surface area contributed by atoms with Crippen LogP contribution in [0.25, 0.3) is 0 Å². The molecule has 0 amide bonds. The largest absolute Gasteiger partial charge is 0.466 e. The topological polar surface area (TPSA) is 107 Å². The molecule has 1 N–H and O–H groups in total. The third-order valence-corrected chi connectivity index (χ3v) is 11.5. The molecule has 0 aliphatic rings. The van der Waals surface area contributed by atoms with E-state index in [1.165, 1.54) is 122 Å². The summed E-state index contributed by atoms with van der Waals surface area (Å²) in [6.07, 6.45) is 40.2. The Morgan fingerprint density at radius 2 is 1.05 bits per heavy atom. The van der Waals surface area contributed by atoms with Gasteiger partial charge in [0.1, 0.15) is 6.10 Å². The van der Waals surface area contributed by atoms with Crippen LogP contribution in [0.4, 0.5) is 0 Å². The molecule has 9 nitrogen and oxygen atoms in total. The van der Waals surface area contributed by atoms with Gasteiger partial charge in [-0.2, -0.15) is 0 Å². The fraction of sp³-hybridized carbons (Fsp3) is 0.918. The van der Waals surface area contributed by atoms with Crippen molar-refractivity contribution in [1.82, 2.24) is 19.9 Å². The zero-order valence-electron chi connectivity index (χ0n) is 38.7. The van der Waals surface area contributed by atoms with Gasteiger partial charge in [0.05, 0.1) is 24.9 Å². The van der Waals surface area contributed by atoms with Crippen molar-refractivity contribution in [2.24, 2.45) is 0 Å². The lowest BCUT2D eigenvalue weighted by molar-refractivity contribution is -0.150. The molecule has 1 rings (SSSR count). The first-order valence-corrected chi connectivity index (χ1v) is 25.0. The van der Waals surface area contributed by atoms with Crippen LogP contribution in [0, 0.1) is 0 Å². The van der Waals surface area contributed by atoms with Gasteiger partial charge in [0.2, 0.25) is 0 Å². The lowest BCUT2D eigenvalue weighted by atomic mass is 10.0. The Morgan fingerprint density at radius 1 is 0.603 bits per heavy atom. The van der Waals surface area contributed by atoms with E-state index in [0.717, 1.165) is 109 Å². The molecule has 1 atom stereocenters. The summed E-state index contributed by atoms with van der Waals surface area (Å²) in [6.45, 7) is 12.8. The van der Waals surface area contributed by atoms with E-state index >= 15 is 0 Å². The fourth-order valence-electron chi connectivity index (χ4n) is 7.82. The Kier molecular flexibility index (Phi) is 37.6. The third-order valence-electron chi connectivity index (χ3n) is 11.5. The summed E-state index contributed by atoms with van der Waals surface area (Å²) < 4.78 is 13.5.